The minimum atomic E-state index is -3.73. The van der Waals surface area contributed by atoms with Crippen LogP contribution in [-0.4, -0.2) is 26.0 Å². The molecule has 1 N–H and O–H groups in total. The predicted octanol–water partition coefficient (Wildman–Crippen LogP) is 2.01. The van der Waals surface area contributed by atoms with Crippen LogP contribution < -0.4 is 4.72 Å². The number of nitro groups is 1. The summed E-state index contributed by atoms with van der Waals surface area (Å²) in [5.74, 6) is 0. The Balaban J connectivity index is 1.64. The van der Waals surface area contributed by atoms with Gasteiger partial charge in [-0.2, -0.15) is 0 Å². The van der Waals surface area contributed by atoms with E-state index < -0.39 is 14.9 Å². The van der Waals surface area contributed by atoms with E-state index in [9.17, 15) is 18.5 Å². The standard InChI is InChI=1S/C16H16N2O5S/c19-18(20)14-5-7-16(8-6-14)24(21,22)17-10-15-9-12-3-1-2-4-13(12)11-23-15/h1-8,15,17H,9-11H2. The van der Waals surface area contributed by atoms with E-state index in [0.29, 0.717) is 13.0 Å². The van der Waals surface area contributed by atoms with Crippen molar-refractivity contribution in [2.24, 2.45) is 0 Å². The van der Waals surface area contributed by atoms with E-state index in [1.807, 2.05) is 24.3 Å². The van der Waals surface area contributed by atoms with E-state index in [1.54, 1.807) is 0 Å². The van der Waals surface area contributed by atoms with Gasteiger partial charge in [0.1, 0.15) is 0 Å². The molecule has 3 rings (SSSR count). The van der Waals surface area contributed by atoms with Gasteiger partial charge in [-0.15, -0.1) is 0 Å². The van der Waals surface area contributed by atoms with Crippen LogP contribution in [0.3, 0.4) is 0 Å². The lowest BCUT2D eigenvalue weighted by atomic mass is 9.99. The van der Waals surface area contributed by atoms with Crippen molar-refractivity contribution in [2.45, 2.75) is 24.0 Å². The number of non-ortho nitro benzene ring substituents is 1. The van der Waals surface area contributed by atoms with E-state index in [1.165, 1.54) is 24.3 Å². The van der Waals surface area contributed by atoms with Gasteiger partial charge in [0, 0.05) is 25.1 Å². The predicted molar refractivity (Wildman–Crippen MR) is 87.0 cm³/mol. The highest BCUT2D eigenvalue weighted by atomic mass is 32.2. The van der Waals surface area contributed by atoms with Crippen molar-refractivity contribution in [3.05, 3.63) is 69.8 Å². The van der Waals surface area contributed by atoms with Gasteiger partial charge in [-0.3, -0.25) is 10.1 Å². The molecule has 2 aromatic rings. The summed E-state index contributed by atoms with van der Waals surface area (Å²) in [5, 5.41) is 10.6. The number of nitrogens with zero attached hydrogens (tertiary/aromatic N) is 1. The summed E-state index contributed by atoms with van der Waals surface area (Å²) in [5.41, 5.74) is 2.12. The van der Waals surface area contributed by atoms with Crippen molar-refractivity contribution in [1.82, 2.24) is 4.72 Å². The van der Waals surface area contributed by atoms with Crippen LogP contribution in [-0.2, 0) is 27.8 Å². The normalized spacial score (nSPS) is 17.2. The maximum Gasteiger partial charge on any atom is 0.269 e. The molecule has 1 aliphatic heterocycles. The first-order valence-corrected chi connectivity index (χ1v) is 8.86. The number of fused-ring (bicyclic) bond motifs is 1. The van der Waals surface area contributed by atoms with Crippen molar-refractivity contribution < 1.29 is 18.1 Å². The Morgan fingerprint density at radius 2 is 1.79 bits per heavy atom. The topological polar surface area (TPSA) is 98.5 Å². The smallest absolute Gasteiger partial charge is 0.269 e. The molecule has 0 spiro atoms. The maximum absolute atomic E-state index is 12.3. The molecule has 0 bridgehead atoms. The molecule has 24 heavy (non-hydrogen) atoms. The van der Waals surface area contributed by atoms with Crippen LogP contribution >= 0.6 is 0 Å². The molecule has 0 saturated heterocycles. The van der Waals surface area contributed by atoms with Gasteiger partial charge in [0.2, 0.25) is 10.0 Å². The monoisotopic (exact) mass is 348 g/mol. The van der Waals surface area contributed by atoms with Gasteiger partial charge >= 0.3 is 0 Å². The van der Waals surface area contributed by atoms with Gasteiger partial charge < -0.3 is 4.74 Å². The van der Waals surface area contributed by atoms with Gasteiger partial charge in [-0.25, -0.2) is 13.1 Å². The molecule has 0 saturated carbocycles. The molecule has 1 heterocycles. The van der Waals surface area contributed by atoms with Gasteiger partial charge in [-0.05, 0) is 23.3 Å². The molecule has 1 unspecified atom stereocenters. The van der Waals surface area contributed by atoms with Crippen LogP contribution in [0.2, 0.25) is 0 Å². The Morgan fingerprint density at radius 1 is 1.12 bits per heavy atom. The second-order valence-electron chi connectivity index (χ2n) is 5.51. The average Bonchev–Trinajstić information content (AvgIpc) is 2.60. The van der Waals surface area contributed by atoms with E-state index >= 15 is 0 Å². The quantitative estimate of drug-likeness (QED) is 0.658. The van der Waals surface area contributed by atoms with E-state index in [2.05, 4.69) is 4.72 Å². The molecular formula is C16H16N2O5S. The first-order valence-electron chi connectivity index (χ1n) is 7.38. The Hall–Kier alpha value is -2.29. The molecular weight excluding hydrogens is 332 g/mol. The van der Waals surface area contributed by atoms with Gasteiger partial charge in [-0.1, -0.05) is 24.3 Å². The van der Waals surface area contributed by atoms with E-state index in [-0.39, 0.29) is 23.2 Å². The Morgan fingerprint density at radius 3 is 2.46 bits per heavy atom. The zero-order chi connectivity index (χ0) is 17.2. The van der Waals surface area contributed by atoms with Crippen molar-refractivity contribution in [3.8, 4) is 0 Å². The lowest BCUT2D eigenvalue weighted by Gasteiger charge is -2.25. The molecule has 0 aromatic heterocycles. The van der Waals surface area contributed by atoms with Crippen molar-refractivity contribution in [3.63, 3.8) is 0 Å². The number of hydrogen-bond donors (Lipinski definition) is 1. The van der Waals surface area contributed by atoms with Crippen molar-refractivity contribution >= 4 is 15.7 Å². The Bertz CT molecular complexity index is 849. The lowest BCUT2D eigenvalue weighted by Crippen LogP contribution is -2.36. The van der Waals surface area contributed by atoms with Gasteiger partial charge in [0.25, 0.3) is 5.69 Å². The fourth-order valence-electron chi connectivity index (χ4n) is 2.57. The minimum absolute atomic E-state index is 0.00990. The highest BCUT2D eigenvalue weighted by molar-refractivity contribution is 7.89. The molecule has 126 valence electrons. The summed E-state index contributed by atoms with van der Waals surface area (Å²) in [6.07, 6.45) is 0.395. The third-order valence-corrected chi connectivity index (χ3v) is 5.34. The van der Waals surface area contributed by atoms with Crippen LogP contribution in [0, 0.1) is 10.1 Å². The number of hydrogen-bond acceptors (Lipinski definition) is 5. The van der Waals surface area contributed by atoms with E-state index in [4.69, 9.17) is 4.74 Å². The van der Waals surface area contributed by atoms with Crippen LogP contribution in [0.4, 0.5) is 5.69 Å². The summed E-state index contributed by atoms with van der Waals surface area (Å²) < 4.78 is 32.7. The molecule has 0 aliphatic carbocycles. The fourth-order valence-corrected chi connectivity index (χ4v) is 3.64. The zero-order valence-electron chi connectivity index (χ0n) is 12.7. The number of benzene rings is 2. The fraction of sp³-hybridized carbons (Fsp3) is 0.250. The Labute approximate surface area is 139 Å². The summed E-state index contributed by atoms with van der Waals surface area (Å²) in [6.45, 7) is 0.605. The first-order chi connectivity index (χ1) is 11.5. The van der Waals surface area contributed by atoms with Crippen LogP contribution in [0.25, 0.3) is 0 Å². The van der Waals surface area contributed by atoms with Crippen LogP contribution in [0.1, 0.15) is 11.1 Å². The largest absolute Gasteiger partial charge is 0.372 e. The highest BCUT2D eigenvalue weighted by Crippen LogP contribution is 2.20. The second-order valence-corrected chi connectivity index (χ2v) is 7.28. The maximum atomic E-state index is 12.3. The zero-order valence-corrected chi connectivity index (χ0v) is 13.5. The summed E-state index contributed by atoms with van der Waals surface area (Å²) in [7, 11) is -3.73. The third kappa shape index (κ3) is 3.61. The number of rotatable bonds is 5. The molecule has 1 aliphatic rings. The highest BCUT2D eigenvalue weighted by Gasteiger charge is 2.22. The summed E-state index contributed by atoms with van der Waals surface area (Å²) in [4.78, 5) is 10.0. The summed E-state index contributed by atoms with van der Waals surface area (Å²) >= 11 is 0. The number of nitro benzene ring substituents is 1. The molecule has 0 fully saturated rings. The van der Waals surface area contributed by atoms with Crippen molar-refractivity contribution in [2.75, 3.05) is 6.54 Å². The molecule has 0 radical (unpaired) electrons. The average molecular weight is 348 g/mol. The molecule has 2 aromatic carbocycles. The van der Waals surface area contributed by atoms with Gasteiger partial charge in [0.15, 0.2) is 0 Å². The lowest BCUT2D eigenvalue weighted by molar-refractivity contribution is -0.384. The number of ether oxygens (including phenoxy) is 1. The minimum Gasteiger partial charge on any atom is -0.372 e. The van der Waals surface area contributed by atoms with Crippen LogP contribution in [0.15, 0.2) is 53.4 Å². The number of sulfonamides is 1. The molecule has 0 amide bonds. The summed E-state index contributed by atoms with van der Waals surface area (Å²) in [6, 6.07) is 12.7. The van der Waals surface area contributed by atoms with E-state index in [0.717, 1.165) is 11.1 Å². The number of nitrogens with one attached hydrogen (secondary N) is 1. The van der Waals surface area contributed by atoms with Crippen LogP contribution in [0.5, 0.6) is 0 Å². The third-order valence-electron chi connectivity index (χ3n) is 3.90. The van der Waals surface area contributed by atoms with Crippen molar-refractivity contribution in [1.29, 1.82) is 0 Å². The molecule has 1 atom stereocenters. The first kappa shape index (κ1) is 16.6. The molecule has 7 nitrogen and oxygen atoms in total. The molecule has 8 heteroatoms. The second kappa shape index (κ2) is 6.68. The SMILES string of the molecule is O=[N+]([O-])c1ccc(S(=O)(=O)NCC2Cc3ccccc3CO2)cc1. The van der Waals surface area contributed by atoms with Gasteiger partial charge in [0.05, 0.1) is 22.5 Å². The Kier molecular flexibility index (Phi) is 4.61.